The summed E-state index contributed by atoms with van der Waals surface area (Å²) < 4.78 is 6.24. The van der Waals surface area contributed by atoms with Gasteiger partial charge in [0.2, 0.25) is 0 Å². The first-order chi connectivity index (χ1) is 9.51. The number of aromatic amines is 1. The largest absolute Gasteiger partial charge is 0.465 e. The topological polar surface area (TPSA) is 81.2 Å². The van der Waals surface area contributed by atoms with Gasteiger partial charge in [0, 0.05) is 6.20 Å². The van der Waals surface area contributed by atoms with Crippen LogP contribution in [-0.4, -0.2) is 22.6 Å². The van der Waals surface area contributed by atoms with Crippen LogP contribution in [0.4, 0.5) is 0 Å². The SMILES string of the molecule is COC(=O)c1ccc(Cn2cc(Br)c(=O)[nH]c2=O)cc1. The van der Waals surface area contributed by atoms with Crippen LogP contribution in [0.25, 0.3) is 0 Å². The molecule has 0 radical (unpaired) electrons. The van der Waals surface area contributed by atoms with Crippen molar-refractivity contribution in [2.75, 3.05) is 7.11 Å². The van der Waals surface area contributed by atoms with Gasteiger partial charge in [0.15, 0.2) is 0 Å². The second-order valence-corrected chi connectivity index (χ2v) is 4.91. The number of carbonyl (C=O) groups is 1. The molecule has 1 aromatic heterocycles. The average Bonchev–Trinajstić information content (AvgIpc) is 2.44. The molecule has 0 unspecified atom stereocenters. The van der Waals surface area contributed by atoms with E-state index in [1.54, 1.807) is 24.3 Å². The number of ether oxygens (including phenoxy) is 1. The Morgan fingerprint density at radius 3 is 2.55 bits per heavy atom. The molecule has 0 bridgehead atoms. The third-order valence-electron chi connectivity index (χ3n) is 2.70. The van der Waals surface area contributed by atoms with Gasteiger partial charge in [-0.25, -0.2) is 9.59 Å². The number of aromatic nitrogens is 2. The zero-order chi connectivity index (χ0) is 14.7. The monoisotopic (exact) mass is 338 g/mol. The molecule has 0 saturated heterocycles. The quantitative estimate of drug-likeness (QED) is 0.850. The molecule has 1 N–H and O–H groups in total. The number of benzene rings is 1. The predicted molar refractivity (Wildman–Crippen MR) is 75.9 cm³/mol. The number of rotatable bonds is 3. The summed E-state index contributed by atoms with van der Waals surface area (Å²) in [5.74, 6) is -0.416. The van der Waals surface area contributed by atoms with Crippen molar-refractivity contribution >= 4 is 21.9 Å². The van der Waals surface area contributed by atoms with Gasteiger partial charge < -0.3 is 4.74 Å². The van der Waals surface area contributed by atoms with E-state index in [0.29, 0.717) is 5.56 Å². The molecule has 2 aromatic rings. The van der Waals surface area contributed by atoms with Gasteiger partial charge in [0.05, 0.1) is 23.7 Å². The van der Waals surface area contributed by atoms with Crippen molar-refractivity contribution in [2.24, 2.45) is 0 Å². The zero-order valence-electron chi connectivity index (χ0n) is 10.6. The van der Waals surface area contributed by atoms with E-state index >= 15 is 0 Å². The summed E-state index contributed by atoms with van der Waals surface area (Å²) in [6.07, 6.45) is 1.43. The molecule has 0 amide bonds. The lowest BCUT2D eigenvalue weighted by atomic mass is 10.1. The third-order valence-corrected chi connectivity index (χ3v) is 3.26. The highest BCUT2D eigenvalue weighted by molar-refractivity contribution is 9.10. The molecule has 0 spiro atoms. The van der Waals surface area contributed by atoms with Crippen molar-refractivity contribution in [1.29, 1.82) is 0 Å². The Morgan fingerprint density at radius 1 is 1.30 bits per heavy atom. The van der Waals surface area contributed by atoms with E-state index in [4.69, 9.17) is 0 Å². The third kappa shape index (κ3) is 3.05. The molecule has 20 heavy (non-hydrogen) atoms. The fraction of sp³-hybridized carbons (Fsp3) is 0.154. The highest BCUT2D eigenvalue weighted by Crippen LogP contribution is 2.07. The van der Waals surface area contributed by atoms with Crippen LogP contribution in [0.5, 0.6) is 0 Å². The minimum atomic E-state index is -0.491. The number of H-pyrrole nitrogens is 1. The number of nitrogens with zero attached hydrogens (tertiary/aromatic N) is 1. The molecule has 0 aliphatic carbocycles. The van der Waals surface area contributed by atoms with E-state index in [9.17, 15) is 14.4 Å². The lowest BCUT2D eigenvalue weighted by molar-refractivity contribution is 0.0600. The van der Waals surface area contributed by atoms with Gasteiger partial charge in [-0.2, -0.15) is 0 Å². The molecule has 7 heteroatoms. The van der Waals surface area contributed by atoms with Gasteiger partial charge in [-0.05, 0) is 33.6 Å². The number of halogens is 1. The Balaban J connectivity index is 2.27. The van der Waals surface area contributed by atoms with Crippen molar-refractivity contribution in [1.82, 2.24) is 9.55 Å². The van der Waals surface area contributed by atoms with Crippen molar-refractivity contribution in [2.45, 2.75) is 6.54 Å². The Morgan fingerprint density at radius 2 is 1.95 bits per heavy atom. The summed E-state index contributed by atoms with van der Waals surface area (Å²) in [6, 6.07) is 6.68. The predicted octanol–water partition coefficient (Wildman–Crippen LogP) is 1.13. The number of carbonyl (C=O) groups excluding carboxylic acids is 1. The zero-order valence-corrected chi connectivity index (χ0v) is 12.1. The molecular weight excluding hydrogens is 328 g/mol. The van der Waals surface area contributed by atoms with Crippen LogP contribution in [0.15, 0.2) is 44.5 Å². The van der Waals surface area contributed by atoms with Gasteiger partial charge in [-0.15, -0.1) is 0 Å². The molecule has 6 nitrogen and oxygen atoms in total. The smallest absolute Gasteiger partial charge is 0.337 e. The molecule has 1 heterocycles. The van der Waals surface area contributed by atoms with Crippen molar-refractivity contribution < 1.29 is 9.53 Å². The summed E-state index contributed by atoms with van der Waals surface area (Å²) in [5.41, 5.74) is 0.299. The Hall–Kier alpha value is -2.15. The standard InChI is InChI=1S/C13H11BrN2O4/c1-20-12(18)9-4-2-8(3-5-9)6-16-7-10(14)11(17)15-13(16)19/h2-5,7H,6H2,1H3,(H,15,17,19). The number of esters is 1. The second kappa shape index (κ2) is 5.87. The number of nitrogens with one attached hydrogen (secondary N) is 1. The summed E-state index contributed by atoms with van der Waals surface area (Å²) in [5, 5.41) is 0. The molecule has 0 aliphatic rings. The highest BCUT2D eigenvalue weighted by atomic mass is 79.9. The average molecular weight is 339 g/mol. The fourth-order valence-electron chi connectivity index (χ4n) is 1.66. The lowest BCUT2D eigenvalue weighted by Gasteiger charge is -2.06. The van der Waals surface area contributed by atoms with Crippen LogP contribution in [0, 0.1) is 0 Å². The van der Waals surface area contributed by atoms with Crippen LogP contribution in [0.3, 0.4) is 0 Å². The fourth-order valence-corrected chi connectivity index (χ4v) is 2.01. The minimum Gasteiger partial charge on any atom is -0.465 e. The molecule has 0 fully saturated rings. The molecule has 2 rings (SSSR count). The van der Waals surface area contributed by atoms with Crippen molar-refractivity contribution in [3.8, 4) is 0 Å². The number of hydrogen-bond donors (Lipinski definition) is 1. The van der Waals surface area contributed by atoms with Crippen LogP contribution in [0.1, 0.15) is 15.9 Å². The summed E-state index contributed by atoms with van der Waals surface area (Å²) >= 11 is 3.07. The normalized spacial score (nSPS) is 10.3. The maximum absolute atomic E-state index is 11.6. The van der Waals surface area contributed by atoms with Gasteiger partial charge in [-0.1, -0.05) is 12.1 Å². The van der Waals surface area contributed by atoms with Gasteiger partial charge >= 0.3 is 11.7 Å². The summed E-state index contributed by atoms with van der Waals surface area (Å²) in [6.45, 7) is 0.287. The Kier molecular flexibility index (Phi) is 4.19. The summed E-state index contributed by atoms with van der Waals surface area (Å²) in [7, 11) is 1.31. The van der Waals surface area contributed by atoms with Crippen molar-refractivity contribution in [3.05, 3.63) is 66.9 Å². The molecule has 0 aliphatic heterocycles. The van der Waals surface area contributed by atoms with Crippen LogP contribution in [-0.2, 0) is 11.3 Å². The Bertz CT molecular complexity index is 746. The molecule has 0 saturated carbocycles. The van der Waals surface area contributed by atoms with E-state index in [-0.39, 0.29) is 11.0 Å². The van der Waals surface area contributed by atoms with E-state index in [1.807, 2.05) is 0 Å². The first-order valence-electron chi connectivity index (χ1n) is 5.68. The van der Waals surface area contributed by atoms with Crippen LogP contribution >= 0.6 is 15.9 Å². The minimum absolute atomic E-state index is 0.281. The van der Waals surface area contributed by atoms with Gasteiger partial charge in [-0.3, -0.25) is 14.3 Å². The van der Waals surface area contributed by atoms with Crippen LogP contribution < -0.4 is 11.2 Å². The van der Waals surface area contributed by atoms with Crippen molar-refractivity contribution in [3.63, 3.8) is 0 Å². The maximum Gasteiger partial charge on any atom is 0.337 e. The number of hydrogen-bond acceptors (Lipinski definition) is 4. The van der Waals surface area contributed by atoms with E-state index in [2.05, 4.69) is 25.7 Å². The summed E-state index contributed by atoms with van der Waals surface area (Å²) in [4.78, 5) is 36.4. The first kappa shape index (κ1) is 14.3. The van der Waals surface area contributed by atoms with E-state index in [0.717, 1.165) is 5.56 Å². The lowest BCUT2D eigenvalue weighted by Crippen LogP contribution is -2.30. The molecular formula is C13H11BrN2O4. The Labute approximate surface area is 122 Å². The van der Waals surface area contributed by atoms with E-state index < -0.39 is 17.2 Å². The van der Waals surface area contributed by atoms with Gasteiger partial charge in [0.1, 0.15) is 0 Å². The molecule has 0 atom stereocenters. The highest BCUT2D eigenvalue weighted by Gasteiger charge is 2.06. The molecule has 1 aromatic carbocycles. The second-order valence-electron chi connectivity index (χ2n) is 4.05. The molecule has 104 valence electrons. The first-order valence-corrected chi connectivity index (χ1v) is 6.47. The van der Waals surface area contributed by atoms with Gasteiger partial charge in [0.25, 0.3) is 5.56 Å². The van der Waals surface area contributed by atoms with Crippen LogP contribution in [0.2, 0.25) is 0 Å². The maximum atomic E-state index is 11.6. The number of methoxy groups -OCH3 is 1. The van der Waals surface area contributed by atoms with E-state index in [1.165, 1.54) is 17.9 Å².